The minimum absolute atomic E-state index is 0.276. The first-order valence-corrected chi connectivity index (χ1v) is 5.67. The molecule has 6 heteroatoms. The van der Waals surface area contributed by atoms with E-state index in [1.54, 1.807) is 13.3 Å². The van der Waals surface area contributed by atoms with Gasteiger partial charge in [0.05, 0.1) is 19.0 Å². The van der Waals surface area contributed by atoms with Crippen molar-refractivity contribution >= 4 is 6.03 Å². The molecule has 0 bridgehead atoms. The van der Waals surface area contributed by atoms with Crippen molar-refractivity contribution in [3.63, 3.8) is 0 Å². The van der Waals surface area contributed by atoms with Crippen molar-refractivity contribution < 1.29 is 9.53 Å². The molecule has 0 fully saturated rings. The number of methoxy groups -OCH3 is 1. The lowest BCUT2D eigenvalue weighted by molar-refractivity contribution is 0.256. The predicted molar refractivity (Wildman–Crippen MR) is 66.5 cm³/mol. The Labute approximate surface area is 108 Å². The maximum atomic E-state index is 11.1. The molecule has 0 spiro atoms. The Kier molecular flexibility index (Phi) is 2.56. The van der Waals surface area contributed by atoms with Gasteiger partial charge >= 0.3 is 6.03 Å². The van der Waals surface area contributed by atoms with Gasteiger partial charge in [0.2, 0.25) is 11.0 Å². The number of urea groups is 1. The van der Waals surface area contributed by atoms with Gasteiger partial charge in [0.15, 0.2) is 0 Å². The largest absolute Gasteiger partial charge is 0.497 e. The molecule has 19 heavy (non-hydrogen) atoms. The van der Waals surface area contributed by atoms with Gasteiger partial charge in [-0.25, -0.2) is 14.8 Å². The van der Waals surface area contributed by atoms with Gasteiger partial charge in [-0.2, -0.15) is 9.98 Å². The summed E-state index contributed by atoms with van der Waals surface area (Å²) in [6.45, 7) is 1.96. The van der Waals surface area contributed by atoms with E-state index in [0.717, 1.165) is 16.9 Å². The smallest absolute Gasteiger partial charge is 0.371 e. The molecule has 3 rings (SSSR count). The van der Waals surface area contributed by atoms with Crippen LogP contribution in [0.25, 0.3) is 11.3 Å². The summed E-state index contributed by atoms with van der Waals surface area (Å²) in [4.78, 5) is 26.8. The van der Waals surface area contributed by atoms with Crippen LogP contribution in [-0.2, 0) is 0 Å². The Balaban J connectivity index is 2.15. The van der Waals surface area contributed by atoms with Crippen molar-refractivity contribution in [1.29, 1.82) is 0 Å². The van der Waals surface area contributed by atoms with Crippen LogP contribution in [0.15, 0.2) is 34.4 Å². The minimum atomic E-state index is -0.557. The molecule has 1 aliphatic heterocycles. The first kappa shape index (κ1) is 11.5. The fourth-order valence-electron chi connectivity index (χ4n) is 1.91. The van der Waals surface area contributed by atoms with E-state index in [9.17, 15) is 4.79 Å². The first-order chi connectivity index (χ1) is 9.17. The van der Waals surface area contributed by atoms with Crippen LogP contribution in [0.1, 0.15) is 5.56 Å². The molecule has 0 N–H and O–H groups in total. The average Bonchev–Trinajstić information content (AvgIpc) is 2.77. The van der Waals surface area contributed by atoms with Crippen LogP contribution >= 0.6 is 0 Å². The van der Waals surface area contributed by atoms with E-state index >= 15 is 0 Å². The fraction of sp³-hybridized carbons (Fsp3) is 0.154. The zero-order valence-corrected chi connectivity index (χ0v) is 10.4. The number of aryl methyl sites for hydroxylation is 1. The van der Waals surface area contributed by atoms with E-state index in [2.05, 4.69) is 20.0 Å². The fourth-order valence-corrected chi connectivity index (χ4v) is 1.91. The highest BCUT2D eigenvalue weighted by Gasteiger charge is 2.10. The van der Waals surface area contributed by atoms with Gasteiger partial charge in [-0.15, -0.1) is 0 Å². The monoisotopic (exact) mass is 254 g/mol. The van der Waals surface area contributed by atoms with Crippen molar-refractivity contribution in [3.8, 4) is 17.0 Å². The van der Waals surface area contributed by atoms with E-state index in [4.69, 9.17) is 4.74 Å². The zero-order valence-electron chi connectivity index (χ0n) is 10.4. The maximum absolute atomic E-state index is 11.1. The molecule has 2 heterocycles. The lowest BCUT2D eigenvalue weighted by Gasteiger charge is -2.06. The number of fused-ring (bicyclic) bond motifs is 1. The second-order valence-corrected chi connectivity index (χ2v) is 4.09. The number of ether oxygens (including phenoxy) is 1. The Morgan fingerprint density at radius 3 is 2.68 bits per heavy atom. The minimum Gasteiger partial charge on any atom is -0.497 e. The molecule has 1 aromatic carbocycles. The van der Waals surface area contributed by atoms with Gasteiger partial charge < -0.3 is 4.74 Å². The second kappa shape index (κ2) is 4.24. The molecule has 0 aliphatic carbocycles. The highest BCUT2D eigenvalue weighted by Crippen LogP contribution is 2.23. The third-order valence-electron chi connectivity index (χ3n) is 2.85. The molecular formula is C13H10N4O2. The molecule has 94 valence electrons. The van der Waals surface area contributed by atoms with Crippen LogP contribution in [0.2, 0.25) is 0 Å². The summed E-state index contributed by atoms with van der Waals surface area (Å²) in [6.07, 6.45) is 1.59. The number of nitrogens with zero attached hydrogens (tertiary/aromatic N) is 4. The van der Waals surface area contributed by atoms with Crippen LogP contribution < -0.4 is 15.7 Å². The Hall–Kier alpha value is -2.63. The summed E-state index contributed by atoms with van der Waals surface area (Å²) in [5.74, 6) is 0.783. The number of aromatic nitrogens is 2. The van der Waals surface area contributed by atoms with Gasteiger partial charge in [0.25, 0.3) is 0 Å². The summed E-state index contributed by atoms with van der Waals surface area (Å²) in [5, 5.41) is 0. The summed E-state index contributed by atoms with van der Waals surface area (Å²) in [5.41, 5.74) is 3.14. The highest BCUT2D eigenvalue weighted by molar-refractivity contribution is 5.77. The standard InChI is InChI=1S/C13H10N4O2/c1-7-5-8(19-2)3-4-9(7)10-6-14-11-12(15-10)17-13(18)16-11/h3-6H,1-2H3. The van der Waals surface area contributed by atoms with Gasteiger partial charge in [-0.05, 0) is 30.7 Å². The quantitative estimate of drug-likeness (QED) is 0.795. The molecule has 0 unspecified atom stereocenters. The van der Waals surface area contributed by atoms with Crippen LogP contribution in [0, 0.1) is 6.92 Å². The molecule has 0 atom stereocenters. The lowest BCUT2D eigenvalue weighted by Crippen LogP contribution is -2.29. The molecule has 2 aromatic rings. The van der Waals surface area contributed by atoms with Crippen LogP contribution in [0.3, 0.4) is 0 Å². The van der Waals surface area contributed by atoms with E-state index in [-0.39, 0.29) is 11.0 Å². The number of amides is 2. The number of rotatable bonds is 2. The molecule has 2 amide bonds. The number of hydrogen-bond donors (Lipinski definition) is 0. The van der Waals surface area contributed by atoms with Crippen LogP contribution in [-0.4, -0.2) is 23.1 Å². The van der Waals surface area contributed by atoms with Gasteiger partial charge in [-0.3, -0.25) is 0 Å². The molecule has 0 radical (unpaired) electrons. The topological polar surface area (TPSA) is 76.8 Å². The number of carbonyl (C=O) groups is 1. The molecule has 1 aromatic heterocycles. The highest BCUT2D eigenvalue weighted by atomic mass is 16.5. The first-order valence-electron chi connectivity index (χ1n) is 5.67. The Morgan fingerprint density at radius 1 is 1.16 bits per heavy atom. The molecule has 0 saturated carbocycles. The average molecular weight is 254 g/mol. The van der Waals surface area contributed by atoms with E-state index in [0.29, 0.717) is 5.69 Å². The molecular weight excluding hydrogens is 244 g/mol. The molecule has 0 saturated heterocycles. The number of benzene rings is 1. The summed E-state index contributed by atoms with van der Waals surface area (Å²) >= 11 is 0. The van der Waals surface area contributed by atoms with Gasteiger partial charge in [-0.1, -0.05) is 0 Å². The molecule has 6 nitrogen and oxygen atoms in total. The van der Waals surface area contributed by atoms with Crippen molar-refractivity contribution in [2.45, 2.75) is 6.92 Å². The lowest BCUT2D eigenvalue weighted by atomic mass is 10.1. The van der Waals surface area contributed by atoms with Crippen LogP contribution in [0.5, 0.6) is 5.75 Å². The zero-order chi connectivity index (χ0) is 13.4. The van der Waals surface area contributed by atoms with Gasteiger partial charge in [0, 0.05) is 5.56 Å². The Morgan fingerprint density at radius 2 is 1.95 bits per heavy atom. The number of hydrogen-bond acceptors (Lipinski definition) is 4. The third-order valence-corrected chi connectivity index (χ3v) is 2.85. The predicted octanol–water partition coefficient (Wildman–Crippen LogP) is 0.833. The SMILES string of the molecule is COc1ccc(-c2cnc3c(n2)=NC(=O)N=3)c(C)c1. The normalized spacial score (nSPS) is 12.6. The van der Waals surface area contributed by atoms with E-state index < -0.39 is 6.03 Å². The van der Waals surface area contributed by atoms with Crippen molar-refractivity contribution in [1.82, 2.24) is 9.97 Å². The second-order valence-electron chi connectivity index (χ2n) is 4.09. The van der Waals surface area contributed by atoms with Crippen molar-refractivity contribution in [2.75, 3.05) is 7.11 Å². The maximum Gasteiger partial charge on any atom is 0.371 e. The Bertz CT molecular complexity index is 799. The van der Waals surface area contributed by atoms with Crippen molar-refractivity contribution in [2.24, 2.45) is 9.98 Å². The third kappa shape index (κ3) is 1.97. The molecule has 1 aliphatic rings. The summed E-state index contributed by atoms with van der Waals surface area (Å²) < 4.78 is 5.16. The number of carbonyl (C=O) groups excluding carboxylic acids is 1. The van der Waals surface area contributed by atoms with Gasteiger partial charge in [0.1, 0.15) is 5.75 Å². The van der Waals surface area contributed by atoms with Crippen LogP contribution in [0.4, 0.5) is 4.79 Å². The van der Waals surface area contributed by atoms with Crippen molar-refractivity contribution in [3.05, 3.63) is 40.9 Å². The summed E-state index contributed by atoms with van der Waals surface area (Å²) in [7, 11) is 1.62. The summed E-state index contributed by atoms with van der Waals surface area (Å²) in [6, 6.07) is 5.11. The van der Waals surface area contributed by atoms with E-state index in [1.807, 2.05) is 25.1 Å². The van der Waals surface area contributed by atoms with E-state index in [1.165, 1.54) is 0 Å².